The van der Waals surface area contributed by atoms with Gasteiger partial charge in [-0.25, -0.2) is 9.78 Å². The molecule has 20 heavy (non-hydrogen) atoms. The molecule has 2 rings (SSSR count). The lowest BCUT2D eigenvalue weighted by Gasteiger charge is -2.10. The summed E-state index contributed by atoms with van der Waals surface area (Å²) in [6, 6.07) is 7.98. The molecular formula is C14H14N2O4. The molecule has 0 saturated heterocycles. The number of hydrogen-bond acceptors (Lipinski definition) is 4. The Morgan fingerprint density at radius 3 is 2.85 bits per heavy atom. The number of aromatic amines is 1. The first-order chi connectivity index (χ1) is 9.61. The quantitative estimate of drug-likeness (QED) is 0.869. The molecule has 0 atom stereocenters. The number of aromatic nitrogens is 2. The first-order valence-electron chi connectivity index (χ1n) is 6.18. The largest absolute Gasteiger partial charge is 0.493 e. The molecule has 0 saturated carbocycles. The third-order valence-electron chi connectivity index (χ3n) is 2.56. The first-order valence-corrected chi connectivity index (χ1v) is 6.18. The van der Waals surface area contributed by atoms with Gasteiger partial charge in [-0.1, -0.05) is 19.1 Å². The van der Waals surface area contributed by atoms with Gasteiger partial charge in [-0.3, -0.25) is 4.79 Å². The summed E-state index contributed by atoms with van der Waals surface area (Å²) in [5.41, 5.74) is -0.257. The molecule has 2 aromatic rings. The second-order valence-corrected chi connectivity index (χ2v) is 4.13. The third-order valence-corrected chi connectivity index (χ3v) is 2.56. The van der Waals surface area contributed by atoms with E-state index in [1.54, 1.807) is 24.3 Å². The fraction of sp³-hybridized carbons (Fsp3) is 0.214. The van der Waals surface area contributed by atoms with Crippen molar-refractivity contribution in [1.82, 2.24) is 9.97 Å². The number of benzene rings is 1. The molecule has 104 valence electrons. The molecule has 0 aliphatic carbocycles. The maximum atomic E-state index is 11.5. The second kappa shape index (κ2) is 6.01. The van der Waals surface area contributed by atoms with E-state index in [9.17, 15) is 9.59 Å². The van der Waals surface area contributed by atoms with E-state index in [2.05, 4.69) is 9.97 Å². The second-order valence-electron chi connectivity index (χ2n) is 4.13. The van der Waals surface area contributed by atoms with E-state index in [0.29, 0.717) is 17.9 Å². The molecule has 6 heteroatoms. The number of nitrogens with zero attached hydrogens (tertiary/aromatic N) is 1. The van der Waals surface area contributed by atoms with Crippen LogP contribution in [0, 0.1) is 0 Å². The van der Waals surface area contributed by atoms with Crippen LogP contribution in [0.3, 0.4) is 0 Å². The van der Waals surface area contributed by atoms with Crippen molar-refractivity contribution in [2.75, 3.05) is 6.61 Å². The fourth-order valence-electron chi connectivity index (χ4n) is 1.69. The summed E-state index contributed by atoms with van der Waals surface area (Å²) in [4.78, 5) is 28.9. The molecule has 0 fully saturated rings. The highest BCUT2D eigenvalue weighted by Crippen LogP contribution is 2.26. The minimum atomic E-state index is -1.25. The molecule has 1 heterocycles. The van der Waals surface area contributed by atoms with E-state index in [0.717, 1.165) is 12.5 Å². The number of carbonyl (C=O) groups is 1. The Kier molecular flexibility index (Phi) is 4.14. The molecule has 2 N–H and O–H groups in total. The van der Waals surface area contributed by atoms with Crippen LogP contribution in [0.4, 0.5) is 0 Å². The highest BCUT2D eigenvalue weighted by atomic mass is 16.5. The smallest absolute Gasteiger partial charge is 0.354 e. The first kappa shape index (κ1) is 13.8. The van der Waals surface area contributed by atoms with Gasteiger partial charge < -0.3 is 14.8 Å². The molecule has 0 aliphatic rings. The number of carboxylic acid groups (broad SMARTS) is 1. The molecule has 0 spiro atoms. The zero-order chi connectivity index (χ0) is 14.5. The van der Waals surface area contributed by atoms with Gasteiger partial charge in [-0.05, 0) is 18.6 Å². The van der Waals surface area contributed by atoms with Gasteiger partial charge in [0.2, 0.25) is 0 Å². The molecule has 0 bridgehead atoms. The van der Waals surface area contributed by atoms with Crippen LogP contribution < -0.4 is 10.3 Å². The lowest BCUT2D eigenvalue weighted by atomic mass is 10.2. The maximum Gasteiger partial charge on any atom is 0.354 e. The van der Waals surface area contributed by atoms with Gasteiger partial charge in [0, 0.05) is 6.07 Å². The summed E-state index contributed by atoms with van der Waals surface area (Å²) in [5, 5.41) is 8.94. The van der Waals surface area contributed by atoms with Crippen molar-refractivity contribution in [3.63, 3.8) is 0 Å². The number of para-hydroxylation sites is 1. The van der Waals surface area contributed by atoms with Crippen LogP contribution in [0.25, 0.3) is 11.4 Å². The third kappa shape index (κ3) is 3.03. The van der Waals surface area contributed by atoms with Crippen molar-refractivity contribution in [1.29, 1.82) is 0 Å². The van der Waals surface area contributed by atoms with Gasteiger partial charge in [0.25, 0.3) is 5.56 Å². The van der Waals surface area contributed by atoms with Gasteiger partial charge in [0.15, 0.2) is 5.69 Å². The minimum absolute atomic E-state index is 0.182. The van der Waals surface area contributed by atoms with E-state index in [1.807, 2.05) is 6.92 Å². The molecular weight excluding hydrogens is 260 g/mol. The van der Waals surface area contributed by atoms with Crippen molar-refractivity contribution < 1.29 is 14.6 Å². The maximum absolute atomic E-state index is 11.5. The van der Waals surface area contributed by atoms with Gasteiger partial charge in [0.1, 0.15) is 11.6 Å². The van der Waals surface area contributed by atoms with Gasteiger partial charge in [-0.2, -0.15) is 0 Å². The molecule has 1 aromatic heterocycles. The lowest BCUT2D eigenvalue weighted by Crippen LogP contribution is -2.14. The zero-order valence-corrected chi connectivity index (χ0v) is 10.9. The molecule has 6 nitrogen and oxygen atoms in total. The number of rotatable bonds is 5. The van der Waals surface area contributed by atoms with Gasteiger partial charge >= 0.3 is 5.97 Å². The summed E-state index contributed by atoms with van der Waals surface area (Å²) >= 11 is 0. The molecule has 0 unspecified atom stereocenters. The van der Waals surface area contributed by atoms with Crippen molar-refractivity contribution in [3.8, 4) is 17.1 Å². The predicted molar refractivity (Wildman–Crippen MR) is 73.0 cm³/mol. The molecule has 0 radical (unpaired) electrons. The van der Waals surface area contributed by atoms with Crippen molar-refractivity contribution in [2.24, 2.45) is 0 Å². The number of carboxylic acids is 1. The normalized spacial score (nSPS) is 10.2. The average Bonchev–Trinajstić information content (AvgIpc) is 2.44. The highest BCUT2D eigenvalue weighted by molar-refractivity contribution is 5.85. The number of ether oxygens (including phenoxy) is 1. The fourth-order valence-corrected chi connectivity index (χ4v) is 1.69. The summed E-state index contributed by atoms with van der Waals surface area (Å²) in [7, 11) is 0. The number of nitrogens with one attached hydrogen (secondary N) is 1. The Bertz CT molecular complexity index is 679. The SMILES string of the molecule is CCCOc1ccccc1-c1nc(C(=O)O)cc(=O)[nH]1. The molecule has 0 aliphatic heterocycles. The Morgan fingerprint density at radius 2 is 2.15 bits per heavy atom. The van der Waals surface area contributed by atoms with Crippen LogP contribution in [-0.2, 0) is 0 Å². The van der Waals surface area contributed by atoms with E-state index >= 15 is 0 Å². The van der Waals surface area contributed by atoms with E-state index in [-0.39, 0.29) is 11.5 Å². The lowest BCUT2D eigenvalue weighted by molar-refractivity contribution is 0.0690. The molecule has 0 amide bonds. The Morgan fingerprint density at radius 1 is 1.40 bits per heavy atom. The van der Waals surface area contributed by atoms with Crippen molar-refractivity contribution in [3.05, 3.63) is 46.4 Å². The van der Waals surface area contributed by atoms with Gasteiger partial charge in [0.05, 0.1) is 12.2 Å². The zero-order valence-electron chi connectivity index (χ0n) is 10.9. The summed E-state index contributed by atoms with van der Waals surface area (Å²) in [6.45, 7) is 2.51. The standard InChI is InChI=1S/C14H14N2O4/c1-2-7-20-11-6-4-3-5-9(11)13-15-10(14(18)19)8-12(17)16-13/h3-6,8H,2,7H2,1H3,(H,18,19)(H,15,16,17). The van der Waals surface area contributed by atoms with Crippen molar-refractivity contribution >= 4 is 5.97 Å². The topological polar surface area (TPSA) is 92.3 Å². The van der Waals surface area contributed by atoms with Crippen LogP contribution in [0.1, 0.15) is 23.8 Å². The van der Waals surface area contributed by atoms with E-state index in [1.165, 1.54) is 0 Å². The number of H-pyrrole nitrogens is 1. The van der Waals surface area contributed by atoms with Crippen LogP contribution in [-0.4, -0.2) is 27.7 Å². The Hall–Kier alpha value is -2.63. The van der Waals surface area contributed by atoms with Crippen LogP contribution >= 0.6 is 0 Å². The number of aromatic carboxylic acids is 1. The average molecular weight is 274 g/mol. The predicted octanol–water partition coefficient (Wildman–Crippen LogP) is 1.92. The highest BCUT2D eigenvalue weighted by Gasteiger charge is 2.12. The summed E-state index contributed by atoms with van der Waals surface area (Å²) in [5.74, 6) is -0.508. The molecule has 1 aromatic carbocycles. The van der Waals surface area contributed by atoms with E-state index < -0.39 is 11.5 Å². The number of hydrogen-bond donors (Lipinski definition) is 2. The van der Waals surface area contributed by atoms with Crippen LogP contribution in [0.2, 0.25) is 0 Å². The van der Waals surface area contributed by atoms with Crippen LogP contribution in [0.15, 0.2) is 35.1 Å². The summed E-state index contributed by atoms with van der Waals surface area (Å²) in [6.07, 6.45) is 0.841. The Balaban J connectivity index is 2.51. The van der Waals surface area contributed by atoms with Crippen LogP contribution in [0.5, 0.6) is 5.75 Å². The monoisotopic (exact) mass is 274 g/mol. The van der Waals surface area contributed by atoms with E-state index in [4.69, 9.17) is 9.84 Å². The summed E-state index contributed by atoms with van der Waals surface area (Å²) < 4.78 is 5.57. The Labute approximate surface area is 115 Å². The van der Waals surface area contributed by atoms with Crippen molar-refractivity contribution in [2.45, 2.75) is 13.3 Å². The minimum Gasteiger partial charge on any atom is -0.493 e. The van der Waals surface area contributed by atoms with Gasteiger partial charge in [-0.15, -0.1) is 0 Å².